The van der Waals surface area contributed by atoms with Gasteiger partial charge in [-0.15, -0.1) is 0 Å². The standard InChI is InChI=1S/C16H17BrN2O2/c1-12(2)19(14-6-4-3-5-7-14)16(21)11-18-10-13(17)8-9-15(18)20/h3-10,12H,11H2,1-2H3. The van der Waals surface area contributed by atoms with Gasteiger partial charge in [0.15, 0.2) is 0 Å². The summed E-state index contributed by atoms with van der Waals surface area (Å²) in [6.07, 6.45) is 1.63. The van der Waals surface area contributed by atoms with E-state index in [0.29, 0.717) is 0 Å². The van der Waals surface area contributed by atoms with Gasteiger partial charge in [-0.3, -0.25) is 9.59 Å². The van der Waals surface area contributed by atoms with Crippen LogP contribution in [0.4, 0.5) is 5.69 Å². The van der Waals surface area contributed by atoms with Gasteiger partial charge < -0.3 is 9.47 Å². The fraction of sp³-hybridized carbons (Fsp3) is 0.250. The number of carbonyl (C=O) groups is 1. The van der Waals surface area contributed by atoms with Crippen LogP contribution < -0.4 is 10.5 Å². The van der Waals surface area contributed by atoms with Crippen LogP contribution in [0.25, 0.3) is 0 Å². The lowest BCUT2D eigenvalue weighted by molar-refractivity contribution is -0.119. The number of carbonyl (C=O) groups excluding carboxylic acids is 1. The number of hydrogen-bond acceptors (Lipinski definition) is 2. The maximum Gasteiger partial charge on any atom is 0.251 e. The number of amides is 1. The van der Waals surface area contributed by atoms with Gasteiger partial charge in [-0.1, -0.05) is 18.2 Å². The molecule has 0 atom stereocenters. The molecule has 2 rings (SSSR count). The van der Waals surface area contributed by atoms with Crippen molar-refractivity contribution in [3.05, 3.63) is 63.5 Å². The molecule has 0 N–H and O–H groups in total. The number of halogens is 1. The lowest BCUT2D eigenvalue weighted by atomic mass is 10.2. The SMILES string of the molecule is CC(C)N(C(=O)Cn1cc(Br)ccc1=O)c1ccccc1. The Balaban J connectivity index is 2.28. The maximum atomic E-state index is 12.6. The average molecular weight is 349 g/mol. The minimum atomic E-state index is -0.191. The van der Waals surface area contributed by atoms with Crippen LogP contribution in [0.2, 0.25) is 0 Å². The second kappa shape index (κ2) is 6.72. The van der Waals surface area contributed by atoms with Crippen molar-refractivity contribution in [1.82, 2.24) is 4.57 Å². The molecule has 5 heteroatoms. The number of rotatable bonds is 4. The number of hydrogen-bond donors (Lipinski definition) is 0. The quantitative estimate of drug-likeness (QED) is 0.852. The van der Waals surface area contributed by atoms with Crippen LogP contribution in [0.1, 0.15) is 13.8 Å². The predicted octanol–water partition coefficient (Wildman–Crippen LogP) is 3.05. The van der Waals surface area contributed by atoms with Gasteiger partial charge in [-0.05, 0) is 48.0 Å². The highest BCUT2D eigenvalue weighted by Crippen LogP contribution is 2.17. The first-order valence-electron chi connectivity index (χ1n) is 6.72. The smallest absolute Gasteiger partial charge is 0.251 e. The van der Waals surface area contributed by atoms with Crippen LogP contribution in [0.5, 0.6) is 0 Å². The van der Waals surface area contributed by atoms with Crippen LogP contribution in [0.3, 0.4) is 0 Å². The van der Waals surface area contributed by atoms with Crippen LogP contribution in [-0.2, 0) is 11.3 Å². The lowest BCUT2D eigenvalue weighted by Gasteiger charge is -2.27. The minimum absolute atomic E-state index is 0.0164. The Labute approximate surface area is 132 Å². The zero-order chi connectivity index (χ0) is 15.4. The van der Waals surface area contributed by atoms with E-state index in [1.807, 2.05) is 44.2 Å². The predicted molar refractivity (Wildman–Crippen MR) is 87.5 cm³/mol. The second-order valence-electron chi connectivity index (χ2n) is 5.01. The maximum absolute atomic E-state index is 12.6. The number of pyridine rings is 1. The second-order valence-corrected chi connectivity index (χ2v) is 5.92. The van der Waals surface area contributed by atoms with Crippen molar-refractivity contribution < 1.29 is 4.79 Å². The molecule has 0 saturated carbocycles. The summed E-state index contributed by atoms with van der Waals surface area (Å²) in [7, 11) is 0. The molecule has 1 aromatic carbocycles. The Morgan fingerprint density at radius 2 is 1.86 bits per heavy atom. The summed E-state index contributed by atoms with van der Waals surface area (Å²) in [6.45, 7) is 3.93. The van der Waals surface area contributed by atoms with Crippen LogP contribution in [0, 0.1) is 0 Å². The molecule has 0 saturated heterocycles. The van der Waals surface area contributed by atoms with E-state index in [1.54, 1.807) is 17.2 Å². The Hall–Kier alpha value is -1.88. The zero-order valence-electron chi connectivity index (χ0n) is 12.0. The van der Waals surface area contributed by atoms with Gasteiger partial charge >= 0.3 is 0 Å². The van der Waals surface area contributed by atoms with Crippen molar-refractivity contribution in [2.24, 2.45) is 0 Å². The third-order valence-corrected chi connectivity index (χ3v) is 3.54. The molecule has 0 spiro atoms. The van der Waals surface area contributed by atoms with Crippen LogP contribution in [-0.4, -0.2) is 16.5 Å². The molecule has 2 aromatic rings. The highest BCUT2D eigenvalue weighted by molar-refractivity contribution is 9.10. The lowest BCUT2D eigenvalue weighted by Crippen LogP contribution is -2.40. The monoisotopic (exact) mass is 348 g/mol. The topological polar surface area (TPSA) is 42.3 Å². The van der Waals surface area contributed by atoms with Crippen molar-refractivity contribution in [1.29, 1.82) is 0 Å². The molecule has 0 bridgehead atoms. The van der Waals surface area contributed by atoms with Gasteiger partial charge in [0.25, 0.3) is 5.56 Å². The van der Waals surface area contributed by atoms with Crippen molar-refractivity contribution in [3.63, 3.8) is 0 Å². The molecule has 0 aliphatic carbocycles. The molecule has 0 radical (unpaired) electrons. The summed E-state index contributed by atoms with van der Waals surface area (Å²) in [4.78, 5) is 26.1. The van der Waals surface area contributed by atoms with Gasteiger partial charge in [0.1, 0.15) is 6.54 Å². The van der Waals surface area contributed by atoms with E-state index >= 15 is 0 Å². The largest absolute Gasteiger partial charge is 0.308 e. The molecule has 4 nitrogen and oxygen atoms in total. The summed E-state index contributed by atoms with van der Waals surface area (Å²) in [5.74, 6) is -0.114. The summed E-state index contributed by atoms with van der Waals surface area (Å²) in [5.41, 5.74) is 0.642. The van der Waals surface area contributed by atoms with Crippen molar-refractivity contribution in [2.75, 3.05) is 4.90 Å². The van der Waals surface area contributed by atoms with Crippen LogP contribution >= 0.6 is 15.9 Å². The number of anilines is 1. The van der Waals surface area contributed by atoms with E-state index in [9.17, 15) is 9.59 Å². The summed E-state index contributed by atoms with van der Waals surface area (Å²) >= 11 is 3.31. The molecule has 0 unspecified atom stereocenters. The van der Waals surface area contributed by atoms with E-state index in [2.05, 4.69) is 15.9 Å². The normalized spacial score (nSPS) is 10.7. The molecule has 0 aliphatic rings. The Bertz CT molecular complexity index is 680. The first kappa shape index (κ1) is 15.5. The van der Waals surface area contributed by atoms with E-state index in [0.717, 1.165) is 10.2 Å². The number of benzene rings is 1. The van der Waals surface area contributed by atoms with Crippen molar-refractivity contribution >= 4 is 27.5 Å². The highest BCUT2D eigenvalue weighted by Gasteiger charge is 2.19. The number of aromatic nitrogens is 1. The molecule has 1 amide bonds. The Morgan fingerprint density at radius 3 is 2.48 bits per heavy atom. The third kappa shape index (κ3) is 3.82. The molecule has 110 valence electrons. The van der Waals surface area contributed by atoms with Gasteiger partial charge in [0.2, 0.25) is 5.91 Å². The molecule has 0 fully saturated rings. The van der Waals surface area contributed by atoms with Gasteiger partial charge in [-0.25, -0.2) is 0 Å². The Kier molecular flexibility index (Phi) is 4.96. The van der Waals surface area contributed by atoms with Gasteiger partial charge in [0.05, 0.1) is 0 Å². The fourth-order valence-corrected chi connectivity index (χ4v) is 2.55. The number of nitrogens with zero attached hydrogens (tertiary/aromatic N) is 2. The number of para-hydroxylation sites is 1. The van der Waals surface area contributed by atoms with Crippen molar-refractivity contribution in [2.45, 2.75) is 26.4 Å². The van der Waals surface area contributed by atoms with Gasteiger partial charge in [-0.2, -0.15) is 0 Å². The first-order chi connectivity index (χ1) is 9.99. The average Bonchev–Trinajstić information content (AvgIpc) is 2.44. The molecule has 1 heterocycles. The Morgan fingerprint density at radius 1 is 1.19 bits per heavy atom. The summed E-state index contributed by atoms with van der Waals surface area (Å²) < 4.78 is 2.18. The molecule has 0 aliphatic heterocycles. The zero-order valence-corrected chi connectivity index (χ0v) is 13.6. The summed E-state index contributed by atoms with van der Waals surface area (Å²) in [5, 5.41) is 0. The third-order valence-electron chi connectivity index (χ3n) is 3.07. The molecule has 21 heavy (non-hydrogen) atoms. The fourth-order valence-electron chi connectivity index (χ4n) is 2.17. The van der Waals surface area contributed by atoms with E-state index in [1.165, 1.54) is 10.6 Å². The first-order valence-corrected chi connectivity index (χ1v) is 7.51. The molecular formula is C16H17BrN2O2. The van der Waals surface area contributed by atoms with E-state index in [-0.39, 0.29) is 24.1 Å². The summed E-state index contributed by atoms with van der Waals surface area (Å²) in [6, 6.07) is 12.6. The highest BCUT2D eigenvalue weighted by atomic mass is 79.9. The molecule has 1 aromatic heterocycles. The minimum Gasteiger partial charge on any atom is -0.308 e. The van der Waals surface area contributed by atoms with Crippen LogP contribution in [0.15, 0.2) is 57.9 Å². The van der Waals surface area contributed by atoms with E-state index in [4.69, 9.17) is 0 Å². The van der Waals surface area contributed by atoms with Crippen molar-refractivity contribution in [3.8, 4) is 0 Å². The van der Waals surface area contributed by atoms with E-state index < -0.39 is 0 Å². The molecular weight excluding hydrogens is 332 g/mol. The van der Waals surface area contributed by atoms with Gasteiger partial charge in [0, 0.05) is 28.5 Å².